The Bertz CT molecular complexity index is 832. The Morgan fingerprint density at radius 2 is 1.50 bits per heavy atom. The lowest BCUT2D eigenvalue weighted by molar-refractivity contribution is 1.02. The highest BCUT2D eigenvalue weighted by atomic mass is 127. The van der Waals surface area contributed by atoms with Gasteiger partial charge < -0.3 is 9.97 Å². The molecule has 0 spiro atoms. The summed E-state index contributed by atoms with van der Waals surface area (Å²) in [7, 11) is 0. The highest BCUT2D eigenvalue weighted by molar-refractivity contribution is 14.1. The number of nitrogens with one attached hydrogen (secondary N) is 4. The first-order valence-electron chi connectivity index (χ1n) is 5.00. The molecule has 106 valence electrons. The van der Waals surface area contributed by atoms with Gasteiger partial charge in [-0.1, -0.05) is 15.9 Å². The van der Waals surface area contributed by atoms with Gasteiger partial charge in [-0.05, 0) is 33.7 Å². The molecule has 0 unspecified atom stereocenters. The maximum Gasteiger partial charge on any atom is 0.325 e. The summed E-state index contributed by atoms with van der Waals surface area (Å²) in [6, 6.07) is 0. The lowest BCUT2D eigenvalue weighted by Gasteiger charge is -1.87. The fourth-order valence-corrected chi connectivity index (χ4v) is 1.58. The Labute approximate surface area is 132 Å². The molecule has 2 aromatic rings. The number of aromatic amines is 4. The zero-order chi connectivity index (χ0) is 15.1. The van der Waals surface area contributed by atoms with Crippen LogP contribution in [0.25, 0.3) is 6.08 Å². The van der Waals surface area contributed by atoms with Gasteiger partial charge in [0.05, 0.1) is 9.13 Å². The third-order valence-electron chi connectivity index (χ3n) is 1.86. The summed E-state index contributed by atoms with van der Waals surface area (Å²) in [6.45, 7) is 0. The number of rotatable bonds is 1. The highest BCUT2D eigenvalue weighted by Gasteiger charge is 1.92. The molecule has 2 heterocycles. The second-order valence-electron chi connectivity index (χ2n) is 3.24. The molecule has 0 bridgehead atoms. The molecule has 4 N–H and O–H groups in total. The highest BCUT2D eigenvalue weighted by Crippen LogP contribution is 1.92. The van der Waals surface area contributed by atoms with Gasteiger partial charge in [-0.2, -0.15) is 0 Å². The molecule has 0 aliphatic carbocycles. The van der Waals surface area contributed by atoms with E-state index in [2.05, 4.69) is 35.9 Å². The van der Waals surface area contributed by atoms with E-state index < -0.39 is 16.9 Å². The maximum atomic E-state index is 10.9. The Hall–Kier alpha value is -1.69. The topological polar surface area (TPSA) is 131 Å². The van der Waals surface area contributed by atoms with Crippen LogP contribution in [0.5, 0.6) is 0 Å². The van der Waals surface area contributed by atoms with Gasteiger partial charge in [-0.3, -0.25) is 19.6 Å². The van der Waals surface area contributed by atoms with E-state index in [-0.39, 0.29) is 5.56 Å². The van der Waals surface area contributed by atoms with Crippen molar-refractivity contribution >= 4 is 44.6 Å². The van der Waals surface area contributed by atoms with Gasteiger partial charge in [-0.25, -0.2) is 9.59 Å². The molecule has 20 heavy (non-hydrogen) atoms. The summed E-state index contributed by atoms with van der Waals surface area (Å²) < 4.78 is 0.479. The number of aromatic nitrogens is 4. The average Bonchev–Trinajstić information content (AvgIpc) is 2.39. The van der Waals surface area contributed by atoms with Crippen LogP contribution in [-0.2, 0) is 0 Å². The molecular weight excluding hydrogens is 447 g/mol. The predicted molar refractivity (Wildman–Crippen MR) is 86.0 cm³/mol. The van der Waals surface area contributed by atoms with Gasteiger partial charge in [0.2, 0.25) is 0 Å². The van der Waals surface area contributed by atoms with Gasteiger partial charge in [-0.15, -0.1) is 0 Å². The minimum absolute atomic E-state index is 0.348. The van der Waals surface area contributed by atoms with E-state index in [0.717, 1.165) is 0 Å². The van der Waals surface area contributed by atoms with Crippen LogP contribution in [0.4, 0.5) is 0 Å². The molecule has 10 heteroatoms. The summed E-state index contributed by atoms with van der Waals surface area (Å²) in [5.41, 5.74) is -1.31. The first-order valence-corrected chi connectivity index (χ1v) is 6.99. The predicted octanol–water partition coefficient (Wildman–Crippen LogP) is 0.0966. The lowest BCUT2D eigenvalue weighted by atomic mass is 10.3. The molecular formula is C10H8BrIN4O4. The Kier molecular flexibility index (Phi) is 6.38. The van der Waals surface area contributed by atoms with Crippen LogP contribution in [0.2, 0.25) is 0 Å². The van der Waals surface area contributed by atoms with Crippen LogP contribution < -0.4 is 22.5 Å². The van der Waals surface area contributed by atoms with Gasteiger partial charge in [0.15, 0.2) is 0 Å². The van der Waals surface area contributed by atoms with Gasteiger partial charge in [0, 0.05) is 12.4 Å². The average molecular weight is 455 g/mol. The van der Waals surface area contributed by atoms with Crippen LogP contribution in [0.1, 0.15) is 5.56 Å². The molecule has 0 amide bonds. The zero-order valence-corrected chi connectivity index (χ0v) is 13.4. The fourth-order valence-electron chi connectivity index (χ4n) is 1.01. The van der Waals surface area contributed by atoms with Crippen molar-refractivity contribution in [2.45, 2.75) is 0 Å². The number of halogens is 2. The molecule has 2 rings (SSSR count). The summed E-state index contributed by atoms with van der Waals surface area (Å²) in [5, 5.41) is 0. The van der Waals surface area contributed by atoms with Crippen LogP contribution in [0.3, 0.4) is 0 Å². The summed E-state index contributed by atoms with van der Waals surface area (Å²) in [6.07, 6.45) is 4.25. The first kappa shape index (κ1) is 16.4. The van der Waals surface area contributed by atoms with Crippen molar-refractivity contribution in [3.63, 3.8) is 0 Å². The van der Waals surface area contributed by atoms with Crippen molar-refractivity contribution in [1.82, 2.24) is 19.9 Å². The number of hydrogen-bond acceptors (Lipinski definition) is 4. The van der Waals surface area contributed by atoms with Gasteiger partial charge >= 0.3 is 11.4 Å². The Morgan fingerprint density at radius 3 is 1.95 bits per heavy atom. The summed E-state index contributed by atoms with van der Waals surface area (Å²) in [4.78, 5) is 52.6. The van der Waals surface area contributed by atoms with Crippen LogP contribution in [0.15, 0.2) is 36.6 Å². The molecule has 0 radical (unpaired) electrons. The SMILES string of the molecule is O=c1[nH]cc(C=CBr)c(=O)[nH]1.O=c1[nH]cc(I)c(=O)[nH]1. The second kappa shape index (κ2) is 7.79. The molecule has 0 fully saturated rings. The molecule has 0 saturated carbocycles. The molecule has 8 nitrogen and oxygen atoms in total. The van der Waals surface area contributed by atoms with Crippen molar-refractivity contribution in [3.05, 3.63) is 68.2 Å². The van der Waals surface area contributed by atoms with Crippen LogP contribution >= 0.6 is 38.5 Å². The number of H-pyrrole nitrogens is 4. The smallest absolute Gasteiger partial charge is 0.314 e. The minimum atomic E-state index is -0.498. The lowest BCUT2D eigenvalue weighted by Crippen LogP contribution is -2.22. The summed E-state index contributed by atoms with van der Waals surface area (Å²) in [5.74, 6) is 0. The van der Waals surface area contributed by atoms with E-state index in [0.29, 0.717) is 9.13 Å². The molecule has 0 aliphatic heterocycles. The number of hydrogen-bond donors (Lipinski definition) is 4. The van der Waals surface area contributed by atoms with E-state index in [4.69, 9.17) is 0 Å². The molecule has 0 saturated heterocycles. The summed E-state index contributed by atoms with van der Waals surface area (Å²) >= 11 is 4.84. The van der Waals surface area contributed by atoms with E-state index >= 15 is 0 Å². The zero-order valence-electron chi connectivity index (χ0n) is 9.70. The van der Waals surface area contributed by atoms with Crippen molar-refractivity contribution in [3.8, 4) is 0 Å². The maximum absolute atomic E-state index is 10.9. The second-order valence-corrected chi connectivity index (χ2v) is 4.93. The Morgan fingerprint density at radius 1 is 0.950 bits per heavy atom. The van der Waals surface area contributed by atoms with E-state index in [1.807, 2.05) is 22.6 Å². The quantitative estimate of drug-likeness (QED) is 0.455. The van der Waals surface area contributed by atoms with E-state index in [1.54, 1.807) is 0 Å². The van der Waals surface area contributed by atoms with Crippen molar-refractivity contribution < 1.29 is 0 Å². The van der Waals surface area contributed by atoms with E-state index in [1.165, 1.54) is 23.5 Å². The minimum Gasteiger partial charge on any atom is -0.314 e. The van der Waals surface area contributed by atoms with Crippen molar-refractivity contribution in [2.24, 2.45) is 0 Å². The molecule has 0 atom stereocenters. The Balaban J connectivity index is 0.000000204. The van der Waals surface area contributed by atoms with Gasteiger partial charge in [0.1, 0.15) is 0 Å². The largest absolute Gasteiger partial charge is 0.325 e. The van der Waals surface area contributed by atoms with Crippen LogP contribution in [0, 0.1) is 3.57 Å². The normalized spacial score (nSPS) is 10.1. The van der Waals surface area contributed by atoms with Crippen molar-refractivity contribution in [2.75, 3.05) is 0 Å². The standard InChI is InChI=1S/C6H5BrN2O2.C4H3IN2O2/c7-2-1-4-3-8-6(11)9-5(4)10;5-2-1-6-4(9)7-3(2)8/h1-3H,(H2,8,9,10,11);1H,(H2,6,7,8,9). The molecule has 0 aromatic carbocycles. The third kappa shape index (κ3) is 5.13. The fraction of sp³-hybridized carbons (Fsp3) is 0. The molecule has 2 aromatic heterocycles. The molecule has 0 aliphatic rings. The van der Waals surface area contributed by atoms with Gasteiger partial charge in [0.25, 0.3) is 11.1 Å². The third-order valence-corrected chi connectivity index (χ3v) is 2.93. The van der Waals surface area contributed by atoms with Crippen molar-refractivity contribution in [1.29, 1.82) is 0 Å². The van der Waals surface area contributed by atoms with Crippen LogP contribution in [-0.4, -0.2) is 19.9 Å². The first-order chi connectivity index (χ1) is 9.43. The van der Waals surface area contributed by atoms with E-state index in [9.17, 15) is 19.2 Å². The monoisotopic (exact) mass is 454 g/mol.